The molecule has 0 aromatic carbocycles. The number of ketones is 1. The van der Waals surface area contributed by atoms with Crippen molar-refractivity contribution in [3.63, 3.8) is 0 Å². The molecule has 6 heteroatoms. The van der Waals surface area contributed by atoms with Gasteiger partial charge in [0.05, 0.1) is 12.7 Å². The molecule has 25 heavy (non-hydrogen) atoms. The third kappa shape index (κ3) is 5.24. The number of aliphatic hydroxyl groups excluding tert-OH is 3. The number of β-amino-alcohol motifs (C(OH)–C–C–N with tert-alkyl or cyclic N) is 1. The number of hydrogen-bond donors (Lipinski definition) is 4. The van der Waals surface area contributed by atoms with Crippen LogP contribution in [0.3, 0.4) is 0 Å². The monoisotopic (exact) mass is 347 g/mol. The highest BCUT2D eigenvalue weighted by Crippen LogP contribution is 2.24. The minimum atomic E-state index is -0.818. The topological polar surface area (TPSA) is 103 Å². The minimum Gasteiger partial charge on any atom is -0.459 e. The van der Waals surface area contributed by atoms with Crippen LogP contribution in [0.5, 0.6) is 0 Å². The van der Waals surface area contributed by atoms with E-state index < -0.39 is 12.7 Å². The highest BCUT2D eigenvalue weighted by molar-refractivity contribution is 6.14. The first-order valence-corrected chi connectivity index (χ1v) is 8.15. The molecular weight excluding hydrogens is 322 g/mol. The normalized spacial score (nSPS) is 18.3. The molecule has 0 fully saturated rings. The van der Waals surface area contributed by atoms with Crippen molar-refractivity contribution in [2.75, 3.05) is 13.2 Å². The van der Waals surface area contributed by atoms with Crippen LogP contribution < -0.4 is 5.32 Å². The first kappa shape index (κ1) is 19.3. The average Bonchev–Trinajstić information content (AvgIpc) is 3.01. The van der Waals surface area contributed by atoms with Gasteiger partial charge in [-0.05, 0) is 56.7 Å². The molecule has 1 heterocycles. The van der Waals surface area contributed by atoms with Crippen LogP contribution in [-0.4, -0.2) is 45.9 Å². The molecular formula is C19H25NO5. The van der Waals surface area contributed by atoms with Crippen LogP contribution in [0.15, 0.2) is 45.4 Å². The number of Topliss-reactive ketones (excluding diaryl/α,β-unsaturated/α-hetero) is 1. The zero-order valence-corrected chi connectivity index (χ0v) is 14.7. The maximum absolute atomic E-state index is 12.4. The number of furan rings is 1. The largest absolute Gasteiger partial charge is 0.459 e. The van der Waals surface area contributed by atoms with Gasteiger partial charge in [-0.1, -0.05) is 0 Å². The van der Waals surface area contributed by atoms with Gasteiger partial charge in [-0.25, -0.2) is 0 Å². The van der Waals surface area contributed by atoms with E-state index >= 15 is 0 Å². The highest BCUT2D eigenvalue weighted by Gasteiger charge is 2.23. The van der Waals surface area contributed by atoms with Gasteiger partial charge in [-0.15, -0.1) is 0 Å². The quantitative estimate of drug-likeness (QED) is 0.579. The summed E-state index contributed by atoms with van der Waals surface area (Å²) in [6.45, 7) is 5.67. The molecule has 0 radical (unpaired) electrons. The lowest BCUT2D eigenvalue weighted by atomic mass is 9.90. The van der Waals surface area contributed by atoms with Crippen molar-refractivity contribution in [1.82, 2.24) is 5.32 Å². The summed E-state index contributed by atoms with van der Waals surface area (Å²) < 4.78 is 5.38. The molecule has 0 bridgehead atoms. The number of nitrogens with one attached hydrogen (secondary N) is 1. The molecule has 1 unspecified atom stereocenters. The van der Waals surface area contributed by atoms with Crippen LogP contribution in [-0.2, 0) is 11.4 Å². The Hall–Kier alpha value is -1.99. The smallest absolute Gasteiger partial charge is 0.191 e. The first-order chi connectivity index (χ1) is 11.7. The molecule has 0 amide bonds. The number of hydrogen-bond acceptors (Lipinski definition) is 6. The van der Waals surface area contributed by atoms with Crippen LogP contribution in [0.1, 0.15) is 32.3 Å². The number of carbonyl (C=O) groups is 1. The fourth-order valence-electron chi connectivity index (χ4n) is 2.39. The van der Waals surface area contributed by atoms with Gasteiger partial charge in [-0.3, -0.25) is 4.79 Å². The van der Waals surface area contributed by atoms with Crippen molar-refractivity contribution in [1.29, 1.82) is 0 Å². The van der Waals surface area contributed by atoms with E-state index in [4.69, 9.17) is 9.52 Å². The van der Waals surface area contributed by atoms with Crippen molar-refractivity contribution < 1.29 is 24.5 Å². The summed E-state index contributed by atoms with van der Waals surface area (Å²) in [6.07, 6.45) is 3.84. The van der Waals surface area contributed by atoms with Crippen LogP contribution in [0.2, 0.25) is 0 Å². The Morgan fingerprint density at radius 2 is 1.92 bits per heavy atom. The predicted octanol–water partition coefficient (Wildman–Crippen LogP) is 1.33. The minimum absolute atomic E-state index is 0.150. The Labute approximate surface area is 147 Å². The Morgan fingerprint density at radius 3 is 2.48 bits per heavy atom. The van der Waals surface area contributed by atoms with E-state index in [1.165, 1.54) is 12.2 Å². The molecule has 1 aliphatic rings. The molecule has 1 aliphatic carbocycles. The molecule has 0 spiro atoms. The molecule has 0 saturated carbocycles. The lowest BCUT2D eigenvalue weighted by Crippen LogP contribution is -2.41. The van der Waals surface area contributed by atoms with Gasteiger partial charge in [0.1, 0.15) is 18.1 Å². The summed E-state index contributed by atoms with van der Waals surface area (Å²) in [5, 5.41) is 32.1. The van der Waals surface area contributed by atoms with E-state index in [9.17, 15) is 15.0 Å². The Bertz CT molecular complexity index is 718. The third-order valence-corrected chi connectivity index (χ3v) is 3.73. The second-order valence-corrected chi connectivity index (χ2v) is 7.01. The zero-order valence-electron chi connectivity index (χ0n) is 14.7. The maximum Gasteiger partial charge on any atom is 0.191 e. The molecule has 0 saturated heterocycles. The number of carbonyl (C=O) groups excluding carboxylic acids is 1. The number of rotatable bonds is 6. The molecule has 4 N–H and O–H groups in total. The molecule has 6 nitrogen and oxygen atoms in total. The van der Waals surface area contributed by atoms with Gasteiger partial charge < -0.3 is 25.1 Å². The lowest BCUT2D eigenvalue weighted by Gasteiger charge is -2.24. The molecule has 1 aromatic heterocycles. The standard InChI is InChI=1S/C19H25NO5/c1-19(2,3)20-9-17(23)12-6-13(18(24)14(7-12)10-21)8-15-4-5-16(11-22)25-15/h4-8,17,20-23H,9-11H2,1-3H3/b13-8-. The summed E-state index contributed by atoms with van der Waals surface area (Å²) in [5.74, 6) is 0.500. The summed E-state index contributed by atoms with van der Waals surface area (Å²) in [5.41, 5.74) is 0.923. The lowest BCUT2D eigenvalue weighted by molar-refractivity contribution is -0.112. The average molecular weight is 347 g/mol. The zero-order chi connectivity index (χ0) is 18.6. The molecule has 1 atom stereocenters. The Kier molecular flexibility index (Phi) is 6.13. The second-order valence-electron chi connectivity index (χ2n) is 7.01. The van der Waals surface area contributed by atoms with Gasteiger partial charge in [0.15, 0.2) is 5.78 Å². The van der Waals surface area contributed by atoms with Gasteiger partial charge in [0.2, 0.25) is 0 Å². The van der Waals surface area contributed by atoms with Crippen molar-refractivity contribution in [3.05, 3.63) is 52.5 Å². The van der Waals surface area contributed by atoms with E-state index in [-0.39, 0.29) is 23.5 Å². The summed E-state index contributed by atoms with van der Waals surface area (Å²) >= 11 is 0. The van der Waals surface area contributed by atoms with Crippen LogP contribution >= 0.6 is 0 Å². The molecule has 136 valence electrons. The van der Waals surface area contributed by atoms with Crippen LogP contribution in [0, 0.1) is 0 Å². The van der Waals surface area contributed by atoms with Crippen molar-refractivity contribution in [2.24, 2.45) is 0 Å². The molecule has 0 aliphatic heterocycles. The highest BCUT2D eigenvalue weighted by atomic mass is 16.4. The number of allylic oxidation sites excluding steroid dienone is 2. The molecule has 2 rings (SSSR count). The summed E-state index contributed by atoms with van der Waals surface area (Å²) in [4.78, 5) is 12.4. The SMILES string of the molecule is CC(C)(C)NCC(O)C1=C/C(=C/c2ccc(CO)o2)C(=O)C(CO)=C1. The van der Waals surface area contributed by atoms with Crippen molar-refractivity contribution in [2.45, 2.75) is 39.0 Å². The fraction of sp³-hybridized carbons (Fsp3) is 0.421. The Balaban J connectivity index is 2.28. The van der Waals surface area contributed by atoms with Gasteiger partial charge in [0.25, 0.3) is 0 Å². The van der Waals surface area contributed by atoms with Gasteiger partial charge >= 0.3 is 0 Å². The van der Waals surface area contributed by atoms with Gasteiger partial charge in [0, 0.05) is 23.2 Å². The van der Waals surface area contributed by atoms with Crippen LogP contribution in [0.4, 0.5) is 0 Å². The van der Waals surface area contributed by atoms with E-state index in [1.54, 1.807) is 18.2 Å². The van der Waals surface area contributed by atoms with E-state index in [0.717, 1.165) is 0 Å². The fourth-order valence-corrected chi connectivity index (χ4v) is 2.39. The maximum atomic E-state index is 12.4. The van der Waals surface area contributed by atoms with Crippen molar-refractivity contribution >= 4 is 11.9 Å². The van der Waals surface area contributed by atoms with Crippen LogP contribution in [0.25, 0.3) is 6.08 Å². The van der Waals surface area contributed by atoms with E-state index in [0.29, 0.717) is 29.2 Å². The summed E-state index contributed by atoms with van der Waals surface area (Å²) in [7, 11) is 0. The Morgan fingerprint density at radius 1 is 1.20 bits per heavy atom. The van der Waals surface area contributed by atoms with Gasteiger partial charge in [-0.2, -0.15) is 0 Å². The molecule has 1 aromatic rings. The van der Waals surface area contributed by atoms with Crippen molar-refractivity contribution in [3.8, 4) is 0 Å². The second kappa shape index (κ2) is 7.93. The number of aliphatic hydroxyl groups is 3. The van der Waals surface area contributed by atoms with E-state index in [2.05, 4.69) is 5.32 Å². The summed E-state index contributed by atoms with van der Waals surface area (Å²) in [6, 6.07) is 3.27. The predicted molar refractivity (Wildman–Crippen MR) is 94.6 cm³/mol. The third-order valence-electron chi connectivity index (χ3n) is 3.73. The van der Waals surface area contributed by atoms with E-state index in [1.807, 2.05) is 20.8 Å². The first-order valence-electron chi connectivity index (χ1n) is 8.15.